The molecule has 0 radical (unpaired) electrons. The van der Waals surface area contributed by atoms with Crippen molar-refractivity contribution in [3.8, 4) is 0 Å². The van der Waals surface area contributed by atoms with Gasteiger partial charge in [0.05, 0.1) is 11.6 Å². The van der Waals surface area contributed by atoms with Gasteiger partial charge in [-0.25, -0.2) is 4.98 Å². The second-order valence-electron chi connectivity index (χ2n) is 5.09. The second-order valence-corrected chi connectivity index (χ2v) is 5.95. The third kappa shape index (κ3) is 4.01. The number of rotatable bonds is 6. The fourth-order valence-electron chi connectivity index (χ4n) is 2.59. The molecule has 1 aliphatic rings. The number of carboxylic acids is 1. The Labute approximate surface area is 121 Å². The van der Waals surface area contributed by atoms with Crippen molar-refractivity contribution >= 4 is 28.3 Å². The van der Waals surface area contributed by atoms with Gasteiger partial charge in [0.1, 0.15) is 0 Å². The molecule has 1 amide bonds. The average Bonchev–Trinajstić information content (AvgIpc) is 2.98. The van der Waals surface area contributed by atoms with E-state index in [1.165, 1.54) is 18.3 Å². The van der Waals surface area contributed by atoms with Crippen molar-refractivity contribution in [1.29, 1.82) is 0 Å². The van der Waals surface area contributed by atoms with Crippen LogP contribution in [0.5, 0.6) is 0 Å². The van der Waals surface area contributed by atoms with Crippen LogP contribution in [0.15, 0.2) is 5.38 Å². The van der Waals surface area contributed by atoms with E-state index < -0.39 is 5.97 Å². The summed E-state index contributed by atoms with van der Waals surface area (Å²) in [6.45, 7) is 2.74. The smallest absolute Gasteiger partial charge is 0.306 e. The minimum atomic E-state index is -0.684. The highest BCUT2D eigenvalue weighted by Crippen LogP contribution is 2.31. The summed E-state index contributed by atoms with van der Waals surface area (Å²) in [6, 6.07) is 0. The van der Waals surface area contributed by atoms with Crippen LogP contribution in [0.3, 0.4) is 0 Å². The van der Waals surface area contributed by atoms with Crippen LogP contribution in [0.1, 0.15) is 31.9 Å². The van der Waals surface area contributed by atoms with E-state index in [0.29, 0.717) is 18.2 Å². The van der Waals surface area contributed by atoms with Gasteiger partial charge in [0, 0.05) is 18.8 Å². The number of nitrogens with one attached hydrogen (secondary N) is 2. The van der Waals surface area contributed by atoms with E-state index in [-0.39, 0.29) is 17.7 Å². The van der Waals surface area contributed by atoms with Crippen molar-refractivity contribution < 1.29 is 14.7 Å². The van der Waals surface area contributed by atoms with Crippen molar-refractivity contribution in [3.05, 3.63) is 11.1 Å². The van der Waals surface area contributed by atoms with E-state index in [4.69, 9.17) is 5.11 Å². The quantitative estimate of drug-likeness (QED) is 0.743. The van der Waals surface area contributed by atoms with Gasteiger partial charge < -0.3 is 15.7 Å². The SMILES string of the molecule is CC(=O)Nc1nc(CNCC2CCCC2C(=O)O)cs1. The van der Waals surface area contributed by atoms with Crippen LogP contribution in [-0.2, 0) is 16.1 Å². The summed E-state index contributed by atoms with van der Waals surface area (Å²) in [6.07, 6.45) is 2.75. The van der Waals surface area contributed by atoms with Crippen molar-refractivity contribution in [2.45, 2.75) is 32.7 Å². The van der Waals surface area contributed by atoms with Crippen molar-refractivity contribution in [3.63, 3.8) is 0 Å². The van der Waals surface area contributed by atoms with Gasteiger partial charge >= 0.3 is 5.97 Å². The number of thiazole rings is 1. The van der Waals surface area contributed by atoms with E-state index in [0.717, 1.165) is 25.0 Å². The summed E-state index contributed by atoms with van der Waals surface area (Å²) in [5.41, 5.74) is 0.864. The average molecular weight is 297 g/mol. The van der Waals surface area contributed by atoms with Crippen LogP contribution in [0.4, 0.5) is 5.13 Å². The number of carboxylic acid groups (broad SMARTS) is 1. The number of amides is 1. The molecule has 7 heteroatoms. The second kappa shape index (κ2) is 6.81. The Bertz CT molecular complexity index is 489. The molecular weight excluding hydrogens is 278 g/mol. The zero-order chi connectivity index (χ0) is 14.5. The van der Waals surface area contributed by atoms with Gasteiger partial charge in [-0.1, -0.05) is 6.42 Å². The first-order valence-corrected chi connectivity index (χ1v) is 7.59. The summed E-state index contributed by atoms with van der Waals surface area (Å²) in [5, 5.41) is 17.5. The van der Waals surface area contributed by atoms with Crippen LogP contribution in [0, 0.1) is 11.8 Å². The van der Waals surface area contributed by atoms with Crippen LogP contribution < -0.4 is 10.6 Å². The number of hydrogen-bond donors (Lipinski definition) is 3. The topological polar surface area (TPSA) is 91.3 Å². The maximum Gasteiger partial charge on any atom is 0.306 e. The van der Waals surface area contributed by atoms with Gasteiger partial charge in [-0.05, 0) is 25.3 Å². The van der Waals surface area contributed by atoms with Crippen LogP contribution in [0.2, 0.25) is 0 Å². The van der Waals surface area contributed by atoms with E-state index in [1.807, 2.05) is 5.38 Å². The Morgan fingerprint density at radius 3 is 3.00 bits per heavy atom. The summed E-state index contributed by atoms with van der Waals surface area (Å²) in [7, 11) is 0. The van der Waals surface area contributed by atoms with E-state index in [2.05, 4.69) is 15.6 Å². The van der Waals surface area contributed by atoms with Gasteiger partial charge in [0.15, 0.2) is 5.13 Å². The molecule has 2 unspecified atom stereocenters. The lowest BCUT2D eigenvalue weighted by molar-refractivity contribution is -0.142. The number of nitrogens with zero attached hydrogens (tertiary/aromatic N) is 1. The normalized spacial score (nSPS) is 21.9. The molecule has 1 fully saturated rings. The molecule has 1 aromatic rings. The third-order valence-electron chi connectivity index (χ3n) is 3.52. The molecule has 6 nitrogen and oxygen atoms in total. The van der Waals surface area contributed by atoms with Crippen LogP contribution >= 0.6 is 11.3 Å². The number of aliphatic carboxylic acids is 1. The maximum atomic E-state index is 11.1. The Hall–Kier alpha value is -1.47. The first-order valence-electron chi connectivity index (χ1n) is 6.71. The lowest BCUT2D eigenvalue weighted by Gasteiger charge is -2.15. The molecule has 1 heterocycles. The van der Waals surface area contributed by atoms with Gasteiger partial charge in [-0.15, -0.1) is 11.3 Å². The highest BCUT2D eigenvalue weighted by molar-refractivity contribution is 7.13. The van der Waals surface area contributed by atoms with Crippen molar-refractivity contribution in [2.24, 2.45) is 11.8 Å². The third-order valence-corrected chi connectivity index (χ3v) is 4.33. The standard InChI is InChI=1S/C13H19N3O3S/c1-8(17)15-13-16-10(7-20-13)6-14-5-9-3-2-4-11(9)12(18)19/h7,9,11,14H,2-6H2,1H3,(H,18,19)(H,15,16,17). The predicted molar refractivity (Wildman–Crippen MR) is 76.6 cm³/mol. The molecule has 1 aliphatic carbocycles. The summed E-state index contributed by atoms with van der Waals surface area (Å²) in [5.74, 6) is -0.821. The molecule has 2 atom stereocenters. The minimum absolute atomic E-state index is 0.130. The molecule has 20 heavy (non-hydrogen) atoms. The lowest BCUT2D eigenvalue weighted by atomic mass is 9.96. The summed E-state index contributed by atoms with van der Waals surface area (Å²) < 4.78 is 0. The molecule has 0 saturated heterocycles. The van der Waals surface area contributed by atoms with Gasteiger partial charge in [0.25, 0.3) is 0 Å². The van der Waals surface area contributed by atoms with Gasteiger partial charge in [0.2, 0.25) is 5.91 Å². The molecule has 2 rings (SSSR count). The molecule has 0 spiro atoms. The van der Waals surface area contributed by atoms with Crippen molar-refractivity contribution in [1.82, 2.24) is 10.3 Å². The highest BCUT2D eigenvalue weighted by Gasteiger charge is 2.32. The molecule has 3 N–H and O–H groups in total. The first kappa shape index (κ1) is 14.9. The minimum Gasteiger partial charge on any atom is -0.481 e. The fourth-order valence-corrected chi connectivity index (χ4v) is 3.34. The molecule has 1 aromatic heterocycles. The number of hydrogen-bond acceptors (Lipinski definition) is 5. The number of anilines is 1. The molecule has 0 bridgehead atoms. The van der Waals surface area contributed by atoms with Crippen molar-refractivity contribution in [2.75, 3.05) is 11.9 Å². The Kier molecular flexibility index (Phi) is 5.08. The summed E-state index contributed by atoms with van der Waals surface area (Å²) in [4.78, 5) is 26.2. The van der Waals surface area contributed by atoms with Gasteiger partial charge in [-0.2, -0.15) is 0 Å². The zero-order valence-electron chi connectivity index (χ0n) is 11.4. The zero-order valence-corrected chi connectivity index (χ0v) is 12.2. The number of carbonyl (C=O) groups excluding carboxylic acids is 1. The van der Waals surface area contributed by atoms with E-state index in [1.54, 1.807) is 0 Å². The molecule has 0 aliphatic heterocycles. The maximum absolute atomic E-state index is 11.1. The molecular formula is C13H19N3O3S. The van der Waals surface area contributed by atoms with Gasteiger partial charge in [-0.3, -0.25) is 9.59 Å². The fraction of sp³-hybridized carbons (Fsp3) is 0.615. The first-order chi connectivity index (χ1) is 9.56. The molecule has 1 saturated carbocycles. The Morgan fingerprint density at radius 1 is 1.50 bits per heavy atom. The van der Waals surface area contributed by atoms with E-state index >= 15 is 0 Å². The number of carbonyl (C=O) groups is 2. The lowest BCUT2D eigenvalue weighted by Crippen LogP contribution is -2.28. The largest absolute Gasteiger partial charge is 0.481 e. The van der Waals surface area contributed by atoms with E-state index in [9.17, 15) is 9.59 Å². The molecule has 110 valence electrons. The Morgan fingerprint density at radius 2 is 2.30 bits per heavy atom. The Balaban J connectivity index is 1.76. The number of aromatic nitrogens is 1. The molecule has 0 aromatic carbocycles. The monoisotopic (exact) mass is 297 g/mol. The summed E-state index contributed by atoms with van der Waals surface area (Å²) >= 11 is 1.39. The predicted octanol–water partition coefficient (Wildman–Crippen LogP) is 1.69. The van der Waals surface area contributed by atoms with Crippen LogP contribution in [-0.4, -0.2) is 28.5 Å². The van der Waals surface area contributed by atoms with Crippen LogP contribution in [0.25, 0.3) is 0 Å². The highest BCUT2D eigenvalue weighted by atomic mass is 32.1.